The number of ether oxygens (including phenoxy) is 2. The molecule has 1 aliphatic rings. The molecule has 2 aromatic carbocycles. The summed E-state index contributed by atoms with van der Waals surface area (Å²) < 4.78 is 10.8. The molecule has 3 rings (SSSR count). The van der Waals surface area contributed by atoms with E-state index in [4.69, 9.17) is 9.47 Å². The normalized spacial score (nSPS) is 15.8. The molecule has 0 aromatic heterocycles. The van der Waals surface area contributed by atoms with Crippen molar-refractivity contribution in [2.75, 3.05) is 23.4 Å². The molecule has 31 heavy (non-hydrogen) atoms. The molecule has 0 aliphatic carbocycles. The Hall–Kier alpha value is -3.35. The summed E-state index contributed by atoms with van der Waals surface area (Å²) in [5.74, 6) is -1.00. The van der Waals surface area contributed by atoms with Crippen molar-refractivity contribution < 1.29 is 23.9 Å². The molecule has 1 heterocycles. The summed E-state index contributed by atoms with van der Waals surface area (Å²) in [6, 6.07) is 14.7. The smallest absolute Gasteiger partial charge is 0.311 e. The number of carbonyl (C=O) groups is 3. The van der Waals surface area contributed by atoms with E-state index in [1.165, 1.54) is 5.56 Å². The van der Waals surface area contributed by atoms with Crippen LogP contribution >= 0.6 is 0 Å². The van der Waals surface area contributed by atoms with Crippen LogP contribution in [0.1, 0.15) is 32.8 Å². The fraction of sp³-hybridized carbons (Fsp3) is 0.375. The Morgan fingerprint density at radius 1 is 1.10 bits per heavy atom. The van der Waals surface area contributed by atoms with Gasteiger partial charge in [0.15, 0.2) is 6.61 Å². The summed E-state index contributed by atoms with van der Waals surface area (Å²) in [4.78, 5) is 38.4. The Kier molecular flexibility index (Phi) is 7.28. The molecule has 0 spiro atoms. The van der Waals surface area contributed by atoms with Crippen LogP contribution in [0.15, 0.2) is 48.5 Å². The Labute approximate surface area is 182 Å². The second kappa shape index (κ2) is 10.1. The minimum Gasteiger partial charge on any atom is -0.491 e. The molecule has 1 saturated heterocycles. The Morgan fingerprint density at radius 2 is 1.77 bits per heavy atom. The number of rotatable bonds is 8. The number of carbonyl (C=O) groups excluding carboxylic acids is 3. The van der Waals surface area contributed by atoms with Crippen LogP contribution in [0.4, 0.5) is 11.4 Å². The fourth-order valence-electron chi connectivity index (χ4n) is 3.37. The van der Waals surface area contributed by atoms with Crippen LogP contribution < -0.4 is 15.0 Å². The van der Waals surface area contributed by atoms with Gasteiger partial charge < -0.3 is 19.7 Å². The lowest BCUT2D eigenvalue weighted by molar-refractivity contribution is -0.151. The van der Waals surface area contributed by atoms with Crippen molar-refractivity contribution in [3.63, 3.8) is 0 Å². The number of amides is 2. The Balaban J connectivity index is 1.49. The van der Waals surface area contributed by atoms with Crippen molar-refractivity contribution >= 4 is 29.2 Å². The summed E-state index contributed by atoms with van der Waals surface area (Å²) >= 11 is 0. The number of nitrogens with zero attached hydrogens (tertiary/aromatic N) is 1. The monoisotopic (exact) mass is 424 g/mol. The molecule has 0 saturated carbocycles. The lowest BCUT2D eigenvalue weighted by Crippen LogP contribution is -2.28. The van der Waals surface area contributed by atoms with Crippen LogP contribution in [0.3, 0.4) is 0 Å². The average Bonchev–Trinajstić information content (AvgIpc) is 3.14. The second-order valence-electron chi connectivity index (χ2n) is 7.77. The molecule has 164 valence electrons. The first-order chi connectivity index (χ1) is 14.9. The highest BCUT2D eigenvalue weighted by Crippen LogP contribution is 2.27. The van der Waals surface area contributed by atoms with Gasteiger partial charge in [-0.2, -0.15) is 0 Å². The van der Waals surface area contributed by atoms with E-state index in [9.17, 15) is 14.4 Å². The molecule has 0 radical (unpaired) electrons. The molecule has 1 fully saturated rings. The highest BCUT2D eigenvalue weighted by molar-refractivity contribution is 6.00. The Bertz CT molecular complexity index is 922. The van der Waals surface area contributed by atoms with Crippen LogP contribution in [0.2, 0.25) is 0 Å². The van der Waals surface area contributed by atoms with Gasteiger partial charge in [-0.25, -0.2) is 0 Å². The maximum absolute atomic E-state index is 12.4. The quantitative estimate of drug-likeness (QED) is 0.655. The first-order valence-electron chi connectivity index (χ1n) is 10.5. The topological polar surface area (TPSA) is 84.9 Å². The van der Waals surface area contributed by atoms with Gasteiger partial charge in [0.25, 0.3) is 5.91 Å². The molecule has 1 aliphatic heterocycles. The lowest BCUT2D eigenvalue weighted by atomic mass is 10.1. The number of esters is 1. The zero-order valence-corrected chi connectivity index (χ0v) is 18.1. The number of aryl methyl sites for hydroxylation is 1. The molecule has 7 nitrogen and oxygen atoms in total. The van der Waals surface area contributed by atoms with E-state index in [2.05, 4.69) is 12.2 Å². The molecule has 0 bridgehead atoms. The van der Waals surface area contributed by atoms with Crippen molar-refractivity contribution in [3.05, 3.63) is 54.1 Å². The molecule has 7 heteroatoms. The van der Waals surface area contributed by atoms with Gasteiger partial charge in [0.05, 0.1) is 12.0 Å². The highest BCUT2D eigenvalue weighted by Gasteiger charge is 2.36. The fourth-order valence-corrected chi connectivity index (χ4v) is 3.37. The molecular formula is C24H28N2O5. The van der Waals surface area contributed by atoms with E-state index in [1.54, 1.807) is 29.2 Å². The van der Waals surface area contributed by atoms with E-state index in [1.807, 2.05) is 38.1 Å². The minimum absolute atomic E-state index is 0.0587. The number of hydrogen-bond acceptors (Lipinski definition) is 5. The van der Waals surface area contributed by atoms with Crippen molar-refractivity contribution in [2.45, 2.75) is 39.7 Å². The van der Waals surface area contributed by atoms with Crippen molar-refractivity contribution in [2.24, 2.45) is 5.92 Å². The predicted molar refractivity (Wildman–Crippen MR) is 118 cm³/mol. The third kappa shape index (κ3) is 6.07. The van der Waals surface area contributed by atoms with Crippen LogP contribution in [0, 0.1) is 5.92 Å². The number of anilines is 2. The second-order valence-corrected chi connectivity index (χ2v) is 7.77. The molecule has 1 unspecified atom stereocenters. The average molecular weight is 424 g/mol. The highest BCUT2D eigenvalue weighted by atomic mass is 16.5. The summed E-state index contributed by atoms with van der Waals surface area (Å²) in [7, 11) is 0. The van der Waals surface area contributed by atoms with Gasteiger partial charge in [-0.05, 0) is 62.2 Å². The Morgan fingerprint density at radius 3 is 2.39 bits per heavy atom. The first-order valence-corrected chi connectivity index (χ1v) is 10.5. The van der Waals surface area contributed by atoms with Gasteiger partial charge in [-0.3, -0.25) is 14.4 Å². The summed E-state index contributed by atoms with van der Waals surface area (Å²) in [6.45, 7) is 5.77. The molecule has 1 N–H and O–H groups in total. The molecule has 2 amide bonds. The van der Waals surface area contributed by atoms with Gasteiger partial charge in [0, 0.05) is 24.3 Å². The first kappa shape index (κ1) is 22.3. The van der Waals surface area contributed by atoms with Crippen LogP contribution in [0.5, 0.6) is 5.75 Å². The van der Waals surface area contributed by atoms with Crippen LogP contribution in [-0.4, -0.2) is 37.0 Å². The van der Waals surface area contributed by atoms with E-state index in [-0.39, 0.29) is 31.6 Å². The van der Waals surface area contributed by atoms with Gasteiger partial charge >= 0.3 is 5.97 Å². The van der Waals surface area contributed by atoms with Crippen molar-refractivity contribution in [3.8, 4) is 5.75 Å². The number of nitrogens with one attached hydrogen (secondary N) is 1. The lowest BCUT2D eigenvalue weighted by Gasteiger charge is -2.17. The largest absolute Gasteiger partial charge is 0.491 e. The standard InChI is InChI=1S/C24H28N2O5/c1-4-17-5-7-19(8-6-17)25-22(27)15-30-24(29)18-13-23(28)26(14-18)20-9-11-21(12-10-20)31-16(2)3/h5-12,16,18H,4,13-15H2,1-3H3,(H,25,27). The third-order valence-corrected chi connectivity index (χ3v) is 4.97. The van der Waals surface area contributed by atoms with E-state index < -0.39 is 17.8 Å². The molecule has 2 aromatic rings. The summed E-state index contributed by atoms with van der Waals surface area (Å²) in [5.41, 5.74) is 2.51. The zero-order valence-electron chi connectivity index (χ0n) is 18.1. The molecule has 1 atom stereocenters. The van der Waals surface area contributed by atoms with E-state index in [0.29, 0.717) is 11.4 Å². The number of benzene rings is 2. The zero-order chi connectivity index (χ0) is 22.4. The number of hydrogen-bond donors (Lipinski definition) is 1. The summed E-state index contributed by atoms with van der Waals surface area (Å²) in [6.07, 6.45) is 1.04. The van der Waals surface area contributed by atoms with E-state index >= 15 is 0 Å². The van der Waals surface area contributed by atoms with Crippen molar-refractivity contribution in [1.29, 1.82) is 0 Å². The molecular weight excluding hydrogens is 396 g/mol. The third-order valence-electron chi connectivity index (χ3n) is 4.97. The predicted octanol–water partition coefficient (Wildman–Crippen LogP) is 3.57. The maximum Gasteiger partial charge on any atom is 0.311 e. The van der Waals surface area contributed by atoms with Crippen molar-refractivity contribution in [1.82, 2.24) is 0 Å². The minimum atomic E-state index is -0.601. The van der Waals surface area contributed by atoms with Crippen LogP contribution in [-0.2, 0) is 25.5 Å². The summed E-state index contributed by atoms with van der Waals surface area (Å²) in [5, 5.41) is 2.70. The maximum atomic E-state index is 12.4. The van der Waals surface area contributed by atoms with Gasteiger partial charge in [0.2, 0.25) is 5.91 Å². The van der Waals surface area contributed by atoms with Gasteiger partial charge in [-0.1, -0.05) is 19.1 Å². The van der Waals surface area contributed by atoms with Gasteiger partial charge in [-0.15, -0.1) is 0 Å². The van der Waals surface area contributed by atoms with Crippen LogP contribution in [0.25, 0.3) is 0 Å². The van der Waals surface area contributed by atoms with E-state index in [0.717, 1.165) is 12.2 Å². The SMILES string of the molecule is CCc1ccc(NC(=O)COC(=O)C2CC(=O)N(c3ccc(OC(C)C)cc3)C2)cc1. The van der Waals surface area contributed by atoms with Gasteiger partial charge in [0.1, 0.15) is 5.75 Å².